The molecule has 2 aliphatic rings. The van der Waals surface area contributed by atoms with Crippen LogP contribution in [-0.4, -0.2) is 43.9 Å². The number of carbonyl (C=O) groups is 1. The minimum Gasteiger partial charge on any atom is -0.379 e. The van der Waals surface area contributed by atoms with Gasteiger partial charge in [-0.1, -0.05) is 0 Å². The second-order valence-electron chi connectivity index (χ2n) is 3.99. The Hall–Kier alpha value is -0.650. The van der Waals surface area contributed by atoms with E-state index in [1.807, 2.05) is 0 Å². The smallest absolute Gasteiger partial charge is 0.242 e. The van der Waals surface area contributed by atoms with Crippen LogP contribution in [0.4, 0.5) is 0 Å². The van der Waals surface area contributed by atoms with Crippen molar-refractivity contribution in [2.45, 2.75) is 24.4 Å². The summed E-state index contributed by atoms with van der Waals surface area (Å²) in [4.78, 5) is 11.8. The van der Waals surface area contributed by atoms with Crippen LogP contribution >= 0.6 is 0 Å². The average molecular weight is 200 g/mol. The summed E-state index contributed by atoms with van der Waals surface area (Å²) in [6, 6.07) is 0.128. The first-order valence-corrected chi connectivity index (χ1v) is 4.96. The topological polar surface area (TPSA) is 73.6 Å². The third kappa shape index (κ3) is 1.89. The van der Waals surface area contributed by atoms with E-state index in [4.69, 9.17) is 15.2 Å². The third-order valence-corrected chi connectivity index (χ3v) is 2.77. The zero-order valence-corrected chi connectivity index (χ0v) is 8.12. The van der Waals surface area contributed by atoms with Crippen LogP contribution in [0.1, 0.15) is 12.8 Å². The summed E-state index contributed by atoms with van der Waals surface area (Å²) in [6.07, 6.45) is 1.48. The molecule has 2 fully saturated rings. The molecular weight excluding hydrogens is 184 g/mol. The van der Waals surface area contributed by atoms with Crippen LogP contribution in [0.15, 0.2) is 0 Å². The number of nitrogens with one attached hydrogen (secondary N) is 1. The normalized spacial score (nSPS) is 37.4. The summed E-state index contributed by atoms with van der Waals surface area (Å²) >= 11 is 0. The summed E-state index contributed by atoms with van der Waals surface area (Å²) in [6.45, 7) is 2.22. The number of ether oxygens (including phenoxy) is 2. The predicted octanol–water partition coefficient (Wildman–Crippen LogP) is -0.991. The van der Waals surface area contributed by atoms with Gasteiger partial charge in [-0.2, -0.15) is 0 Å². The molecule has 0 aliphatic carbocycles. The maximum atomic E-state index is 11.8. The van der Waals surface area contributed by atoms with Gasteiger partial charge in [0.25, 0.3) is 0 Å². The van der Waals surface area contributed by atoms with E-state index in [1.165, 1.54) is 0 Å². The Bertz CT molecular complexity index is 220. The Labute approximate surface area is 82.9 Å². The van der Waals surface area contributed by atoms with Gasteiger partial charge in [-0.3, -0.25) is 4.79 Å². The van der Waals surface area contributed by atoms with E-state index in [-0.39, 0.29) is 11.9 Å². The first-order valence-electron chi connectivity index (χ1n) is 4.96. The van der Waals surface area contributed by atoms with Crippen molar-refractivity contribution in [1.82, 2.24) is 5.32 Å². The molecular formula is C9H16N2O3. The van der Waals surface area contributed by atoms with Gasteiger partial charge in [0, 0.05) is 13.2 Å². The fraction of sp³-hybridized carbons (Fsp3) is 0.889. The number of nitrogens with two attached hydrogens (primary N) is 1. The summed E-state index contributed by atoms with van der Waals surface area (Å²) < 4.78 is 10.3. The molecule has 2 aliphatic heterocycles. The van der Waals surface area contributed by atoms with Crippen molar-refractivity contribution < 1.29 is 14.3 Å². The van der Waals surface area contributed by atoms with Crippen molar-refractivity contribution in [3.63, 3.8) is 0 Å². The van der Waals surface area contributed by atoms with Gasteiger partial charge < -0.3 is 20.5 Å². The number of hydrogen-bond donors (Lipinski definition) is 2. The highest BCUT2D eigenvalue weighted by Gasteiger charge is 2.39. The number of carbonyl (C=O) groups excluding carboxylic acids is 1. The molecule has 0 aromatic heterocycles. The van der Waals surface area contributed by atoms with Crippen LogP contribution in [-0.2, 0) is 14.3 Å². The van der Waals surface area contributed by atoms with Crippen molar-refractivity contribution in [2.24, 2.45) is 5.73 Å². The fourth-order valence-corrected chi connectivity index (χ4v) is 1.74. The van der Waals surface area contributed by atoms with Gasteiger partial charge in [-0.15, -0.1) is 0 Å². The van der Waals surface area contributed by atoms with E-state index in [0.29, 0.717) is 26.2 Å². The molecule has 5 heteroatoms. The minimum atomic E-state index is -0.817. The lowest BCUT2D eigenvalue weighted by Gasteiger charge is -2.22. The molecule has 0 bridgehead atoms. The van der Waals surface area contributed by atoms with Crippen molar-refractivity contribution >= 4 is 5.91 Å². The van der Waals surface area contributed by atoms with E-state index >= 15 is 0 Å². The zero-order valence-electron chi connectivity index (χ0n) is 8.12. The molecule has 2 rings (SSSR count). The van der Waals surface area contributed by atoms with Crippen LogP contribution in [0.5, 0.6) is 0 Å². The standard InChI is InChI=1S/C9H16N2O3/c10-9(2-4-14-6-9)8(12)11-7-1-3-13-5-7/h7H,1-6,10H2,(H,11,12). The Balaban J connectivity index is 1.87. The Kier molecular flexibility index (Phi) is 2.71. The number of rotatable bonds is 2. The summed E-state index contributed by atoms with van der Waals surface area (Å²) in [5.41, 5.74) is 5.09. The molecule has 2 atom stereocenters. The van der Waals surface area contributed by atoms with Gasteiger partial charge in [-0.25, -0.2) is 0 Å². The molecule has 0 radical (unpaired) electrons. The second-order valence-corrected chi connectivity index (χ2v) is 3.99. The molecule has 2 unspecified atom stereocenters. The van der Waals surface area contributed by atoms with E-state index in [1.54, 1.807) is 0 Å². The Morgan fingerprint density at radius 3 is 2.86 bits per heavy atom. The van der Waals surface area contributed by atoms with E-state index in [9.17, 15) is 4.79 Å². The minimum absolute atomic E-state index is 0.106. The molecule has 2 heterocycles. The van der Waals surface area contributed by atoms with Gasteiger partial charge in [0.15, 0.2) is 0 Å². The van der Waals surface area contributed by atoms with Crippen LogP contribution in [0.3, 0.4) is 0 Å². The molecule has 0 spiro atoms. The van der Waals surface area contributed by atoms with E-state index < -0.39 is 5.54 Å². The molecule has 5 nitrogen and oxygen atoms in total. The Morgan fingerprint density at radius 1 is 1.43 bits per heavy atom. The third-order valence-electron chi connectivity index (χ3n) is 2.77. The van der Waals surface area contributed by atoms with Crippen molar-refractivity contribution in [3.8, 4) is 0 Å². The van der Waals surface area contributed by atoms with Crippen molar-refractivity contribution in [3.05, 3.63) is 0 Å². The van der Waals surface area contributed by atoms with E-state index in [2.05, 4.69) is 5.32 Å². The monoisotopic (exact) mass is 200 g/mol. The Morgan fingerprint density at radius 2 is 2.29 bits per heavy atom. The van der Waals surface area contributed by atoms with Gasteiger partial charge in [0.2, 0.25) is 5.91 Å². The fourth-order valence-electron chi connectivity index (χ4n) is 1.74. The summed E-state index contributed by atoms with van der Waals surface area (Å²) in [7, 11) is 0. The molecule has 80 valence electrons. The first kappa shape index (κ1) is 9.89. The van der Waals surface area contributed by atoms with Crippen molar-refractivity contribution in [2.75, 3.05) is 26.4 Å². The van der Waals surface area contributed by atoms with Crippen molar-refractivity contribution in [1.29, 1.82) is 0 Å². The van der Waals surface area contributed by atoms with E-state index in [0.717, 1.165) is 13.0 Å². The highest BCUT2D eigenvalue weighted by molar-refractivity contribution is 5.86. The highest BCUT2D eigenvalue weighted by Crippen LogP contribution is 2.16. The SMILES string of the molecule is NC1(C(=O)NC2CCOC2)CCOC1. The maximum absolute atomic E-state index is 11.8. The molecule has 1 amide bonds. The lowest BCUT2D eigenvalue weighted by Crippen LogP contribution is -2.56. The number of hydrogen-bond acceptors (Lipinski definition) is 4. The molecule has 0 aromatic rings. The molecule has 0 saturated carbocycles. The summed E-state index contributed by atoms with van der Waals surface area (Å²) in [5.74, 6) is -0.106. The van der Waals surface area contributed by atoms with Gasteiger partial charge in [0.05, 0.1) is 19.3 Å². The largest absolute Gasteiger partial charge is 0.379 e. The molecule has 14 heavy (non-hydrogen) atoms. The van der Waals surface area contributed by atoms with Crippen LogP contribution in [0.25, 0.3) is 0 Å². The van der Waals surface area contributed by atoms with Gasteiger partial charge >= 0.3 is 0 Å². The number of amides is 1. The van der Waals surface area contributed by atoms with Crippen LogP contribution in [0, 0.1) is 0 Å². The van der Waals surface area contributed by atoms with Gasteiger partial charge in [-0.05, 0) is 12.8 Å². The average Bonchev–Trinajstić information content (AvgIpc) is 2.76. The molecule has 2 saturated heterocycles. The molecule has 3 N–H and O–H groups in total. The lowest BCUT2D eigenvalue weighted by molar-refractivity contribution is -0.127. The summed E-state index contributed by atoms with van der Waals surface area (Å²) in [5, 5.41) is 2.89. The maximum Gasteiger partial charge on any atom is 0.242 e. The van der Waals surface area contributed by atoms with Gasteiger partial charge in [0.1, 0.15) is 5.54 Å². The first-order chi connectivity index (χ1) is 6.71. The highest BCUT2D eigenvalue weighted by atomic mass is 16.5. The quantitative estimate of drug-likeness (QED) is 0.600. The molecule has 0 aromatic carbocycles. The second kappa shape index (κ2) is 3.84. The predicted molar refractivity (Wildman–Crippen MR) is 49.7 cm³/mol. The van der Waals surface area contributed by atoms with Crippen LogP contribution < -0.4 is 11.1 Å². The zero-order chi connectivity index (χ0) is 10.0. The van der Waals surface area contributed by atoms with Crippen LogP contribution in [0.2, 0.25) is 0 Å². The lowest BCUT2D eigenvalue weighted by atomic mass is 9.99.